The molecule has 5 rings (SSSR count). The first-order chi connectivity index (χ1) is 11.3. The summed E-state index contributed by atoms with van der Waals surface area (Å²) in [6.45, 7) is 1.76. The third kappa shape index (κ3) is 1.57. The molecule has 23 heavy (non-hydrogen) atoms. The van der Waals surface area contributed by atoms with E-state index in [4.69, 9.17) is 14.2 Å². The fraction of sp³-hybridized carbons (Fsp3) is 0.471. The summed E-state index contributed by atoms with van der Waals surface area (Å²) in [5.74, 6) is 1.58. The fourth-order valence-corrected chi connectivity index (χ4v) is 4.61. The average Bonchev–Trinajstić information content (AvgIpc) is 3.13. The number of hydrogen-bond donors (Lipinski definition) is 1. The van der Waals surface area contributed by atoms with Crippen molar-refractivity contribution in [1.82, 2.24) is 4.90 Å². The molecule has 1 N–H and O–H groups in total. The Morgan fingerprint density at radius 1 is 1.30 bits per heavy atom. The van der Waals surface area contributed by atoms with Crippen LogP contribution in [-0.4, -0.2) is 48.4 Å². The highest BCUT2D eigenvalue weighted by Crippen LogP contribution is 2.52. The molecule has 6 nitrogen and oxygen atoms in total. The van der Waals surface area contributed by atoms with E-state index >= 15 is 0 Å². The van der Waals surface area contributed by atoms with Crippen molar-refractivity contribution in [3.63, 3.8) is 0 Å². The molecule has 4 aliphatic rings. The lowest BCUT2D eigenvalue weighted by molar-refractivity contribution is 0.0764. The van der Waals surface area contributed by atoms with Gasteiger partial charge in [0, 0.05) is 26.2 Å². The molecular formula is C17H18N2O4. The maximum absolute atomic E-state index is 9.63. The number of benzene rings is 1. The van der Waals surface area contributed by atoms with Gasteiger partial charge < -0.3 is 19.4 Å². The molecule has 1 unspecified atom stereocenters. The van der Waals surface area contributed by atoms with Gasteiger partial charge in [0.15, 0.2) is 11.5 Å². The fourth-order valence-electron chi connectivity index (χ4n) is 4.61. The minimum absolute atomic E-state index is 0.101. The minimum Gasteiger partial charge on any atom is -0.454 e. The lowest BCUT2D eigenvalue weighted by Crippen LogP contribution is -2.51. The van der Waals surface area contributed by atoms with Crippen molar-refractivity contribution in [2.24, 2.45) is 5.16 Å². The van der Waals surface area contributed by atoms with Crippen LogP contribution in [0.2, 0.25) is 0 Å². The number of ether oxygens (including phenoxy) is 3. The Bertz CT molecular complexity index is 744. The lowest BCUT2D eigenvalue weighted by Gasteiger charge is -2.45. The summed E-state index contributed by atoms with van der Waals surface area (Å²) in [5, 5.41) is 13.3. The van der Waals surface area contributed by atoms with Crippen LogP contribution in [0.15, 0.2) is 29.4 Å². The summed E-state index contributed by atoms with van der Waals surface area (Å²) in [5.41, 5.74) is 2.79. The van der Waals surface area contributed by atoms with Gasteiger partial charge in [-0.3, -0.25) is 4.90 Å². The van der Waals surface area contributed by atoms with Crippen LogP contribution in [0.5, 0.6) is 11.5 Å². The zero-order valence-corrected chi connectivity index (χ0v) is 12.9. The molecular weight excluding hydrogens is 296 g/mol. The van der Waals surface area contributed by atoms with Gasteiger partial charge in [-0.15, -0.1) is 0 Å². The number of rotatable bonds is 1. The van der Waals surface area contributed by atoms with E-state index in [-0.39, 0.29) is 18.9 Å². The van der Waals surface area contributed by atoms with Crippen molar-refractivity contribution in [1.29, 1.82) is 0 Å². The van der Waals surface area contributed by atoms with Crippen LogP contribution in [-0.2, 0) is 16.7 Å². The number of methoxy groups -OCH3 is 1. The van der Waals surface area contributed by atoms with Gasteiger partial charge in [-0.25, -0.2) is 0 Å². The first-order valence-electron chi connectivity index (χ1n) is 7.87. The molecule has 1 aliphatic carbocycles. The molecule has 0 saturated carbocycles. The highest BCUT2D eigenvalue weighted by Gasteiger charge is 2.57. The van der Waals surface area contributed by atoms with Crippen molar-refractivity contribution >= 4 is 5.71 Å². The molecule has 3 aliphatic heterocycles. The van der Waals surface area contributed by atoms with Crippen LogP contribution in [0.1, 0.15) is 17.5 Å². The molecule has 0 amide bonds. The zero-order valence-electron chi connectivity index (χ0n) is 12.9. The number of fused-ring (bicyclic) bond motifs is 2. The maximum Gasteiger partial charge on any atom is 0.231 e. The third-order valence-corrected chi connectivity index (χ3v) is 5.67. The minimum atomic E-state index is -0.391. The first kappa shape index (κ1) is 13.4. The van der Waals surface area contributed by atoms with Gasteiger partial charge in [0.05, 0.1) is 17.2 Å². The predicted molar refractivity (Wildman–Crippen MR) is 82.2 cm³/mol. The second-order valence-electron chi connectivity index (χ2n) is 6.57. The van der Waals surface area contributed by atoms with Crippen molar-refractivity contribution in [2.75, 3.05) is 20.4 Å². The molecule has 6 heteroatoms. The van der Waals surface area contributed by atoms with E-state index in [9.17, 15) is 5.21 Å². The molecule has 1 aromatic rings. The van der Waals surface area contributed by atoms with Crippen molar-refractivity contribution < 1.29 is 19.4 Å². The van der Waals surface area contributed by atoms with Gasteiger partial charge in [-0.1, -0.05) is 17.3 Å². The van der Waals surface area contributed by atoms with E-state index in [0.717, 1.165) is 30.2 Å². The highest BCUT2D eigenvalue weighted by atomic mass is 16.7. The van der Waals surface area contributed by atoms with E-state index in [1.54, 1.807) is 7.11 Å². The first-order valence-corrected chi connectivity index (χ1v) is 7.87. The normalized spacial score (nSPS) is 37.8. The van der Waals surface area contributed by atoms with Gasteiger partial charge >= 0.3 is 0 Å². The zero-order chi connectivity index (χ0) is 15.6. The quantitative estimate of drug-likeness (QED) is 0.485. The van der Waals surface area contributed by atoms with E-state index in [1.807, 2.05) is 0 Å². The molecule has 1 aromatic carbocycles. The third-order valence-electron chi connectivity index (χ3n) is 5.67. The molecule has 0 aromatic heterocycles. The summed E-state index contributed by atoms with van der Waals surface area (Å²) >= 11 is 0. The molecule has 1 fully saturated rings. The van der Waals surface area contributed by atoms with Crippen LogP contribution in [0.25, 0.3) is 0 Å². The summed E-state index contributed by atoms with van der Waals surface area (Å²) in [4.78, 5) is 2.37. The smallest absolute Gasteiger partial charge is 0.231 e. The molecule has 3 heterocycles. The van der Waals surface area contributed by atoms with Gasteiger partial charge in [-0.2, -0.15) is 0 Å². The standard InChI is InChI=1S/C17H18N2O4/c1-21-11-2-3-17-12-6-14-13(22-9-23-14)4-10(12)7-19(16(17)5-11)8-15(17)18-20/h2-4,6,11,16,20H,5,7-9H2,1H3/b18-15-/t11-,16+,17-/m1/s1. The Balaban J connectivity index is 1.75. The Labute approximate surface area is 133 Å². The second-order valence-corrected chi connectivity index (χ2v) is 6.57. The van der Waals surface area contributed by atoms with Gasteiger partial charge in [0.2, 0.25) is 6.79 Å². The Morgan fingerprint density at radius 3 is 2.91 bits per heavy atom. The highest BCUT2D eigenvalue weighted by molar-refractivity contribution is 6.02. The van der Waals surface area contributed by atoms with Crippen LogP contribution in [0.4, 0.5) is 0 Å². The monoisotopic (exact) mass is 314 g/mol. The Kier molecular flexibility index (Phi) is 2.61. The number of hydrogen-bond acceptors (Lipinski definition) is 6. The van der Waals surface area contributed by atoms with Crippen LogP contribution >= 0.6 is 0 Å². The topological polar surface area (TPSA) is 63.5 Å². The second kappa shape index (κ2) is 4.49. The Morgan fingerprint density at radius 2 is 2.13 bits per heavy atom. The molecule has 0 spiro atoms. The van der Waals surface area contributed by atoms with E-state index < -0.39 is 5.41 Å². The SMILES string of the molecule is CO[C@@H]1C=C[C@]23/C(=N\O)CN(Cc4cc5c(cc42)OCO5)[C@H]3C1. The largest absolute Gasteiger partial charge is 0.454 e. The number of nitrogens with zero attached hydrogens (tertiary/aromatic N) is 2. The summed E-state index contributed by atoms with van der Waals surface area (Å²) in [7, 11) is 1.74. The Hall–Kier alpha value is -2.05. The molecule has 1 saturated heterocycles. The average molecular weight is 314 g/mol. The van der Waals surface area contributed by atoms with E-state index in [0.29, 0.717) is 6.54 Å². The van der Waals surface area contributed by atoms with Crippen LogP contribution in [0, 0.1) is 0 Å². The molecule has 120 valence electrons. The van der Waals surface area contributed by atoms with Gasteiger partial charge in [0.25, 0.3) is 0 Å². The van der Waals surface area contributed by atoms with Gasteiger partial charge in [-0.05, 0) is 29.7 Å². The number of oxime groups is 1. The van der Waals surface area contributed by atoms with E-state index in [2.05, 4.69) is 34.3 Å². The maximum atomic E-state index is 9.63. The van der Waals surface area contributed by atoms with Crippen molar-refractivity contribution in [3.8, 4) is 11.5 Å². The summed E-state index contributed by atoms with van der Waals surface area (Å²) < 4.78 is 16.6. The molecule has 2 bridgehead atoms. The predicted octanol–water partition coefficient (Wildman–Crippen LogP) is 1.66. The van der Waals surface area contributed by atoms with E-state index in [1.165, 1.54) is 11.1 Å². The molecule has 0 radical (unpaired) electrons. The molecule has 4 atom stereocenters. The lowest BCUT2D eigenvalue weighted by atomic mass is 9.65. The van der Waals surface area contributed by atoms with Crippen molar-refractivity contribution in [2.45, 2.75) is 30.5 Å². The van der Waals surface area contributed by atoms with Gasteiger partial charge in [0.1, 0.15) is 0 Å². The van der Waals surface area contributed by atoms with Crippen LogP contribution in [0.3, 0.4) is 0 Å². The summed E-state index contributed by atoms with van der Waals surface area (Å²) in [6, 6.07) is 4.38. The van der Waals surface area contributed by atoms with Crippen LogP contribution < -0.4 is 9.47 Å². The summed E-state index contributed by atoms with van der Waals surface area (Å²) in [6.07, 6.45) is 5.24. The van der Waals surface area contributed by atoms with Crippen molar-refractivity contribution in [3.05, 3.63) is 35.4 Å².